The third-order valence-electron chi connectivity index (χ3n) is 2.40. The Bertz CT molecular complexity index is 308. The Balaban J connectivity index is 4.62. The number of allylic oxidation sites excluding steroid dienone is 2. The molecular formula is C13H21NO3. The van der Waals surface area contributed by atoms with Gasteiger partial charge in [0.1, 0.15) is 0 Å². The summed E-state index contributed by atoms with van der Waals surface area (Å²) >= 11 is 0. The van der Waals surface area contributed by atoms with Gasteiger partial charge in [0.25, 0.3) is 0 Å². The van der Waals surface area contributed by atoms with Crippen LogP contribution in [0, 0.1) is 0 Å². The van der Waals surface area contributed by atoms with E-state index in [1.54, 1.807) is 13.0 Å². The van der Waals surface area contributed by atoms with E-state index in [2.05, 4.69) is 13.5 Å². The molecule has 4 nitrogen and oxygen atoms in total. The predicted molar refractivity (Wildman–Crippen MR) is 67.8 cm³/mol. The van der Waals surface area contributed by atoms with E-state index in [9.17, 15) is 9.59 Å². The van der Waals surface area contributed by atoms with Gasteiger partial charge >= 0.3 is 6.09 Å². The SMILES string of the molecule is C=CCN(C(=O)O)C(=CC)C(=O)CCCCC. The van der Waals surface area contributed by atoms with Crippen LogP contribution in [0.4, 0.5) is 4.79 Å². The van der Waals surface area contributed by atoms with Crippen LogP contribution in [0.2, 0.25) is 0 Å². The second kappa shape index (κ2) is 8.56. The molecule has 0 aliphatic carbocycles. The van der Waals surface area contributed by atoms with Gasteiger partial charge < -0.3 is 5.11 Å². The number of carbonyl (C=O) groups excluding carboxylic acids is 1. The predicted octanol–water partition coefficient (Wildman–Crippen LogP) is 3.21. The number of amides is 1. The molecule has 1 amide bonds. The maximum Gasteiger partial charge on any atom is 0.412 e. The second-order valence-electron chi connectivity index (χ2n) is 3.74. The fraction of sp³-hybridized carbons (Fsp3) is 0.538. The summed E-state index contributed by atoms with van der Waals surface area (Å²) in [6, 6.07) is 0. The standard InChI is InChI=1S/C13H21NO3/c1-4-7-8-9-12(15)11(6-3)14(10-5-2)13(16)17/h5-6H,2,4,7-10H2,1,3H3,(H,16,17). The number of carbonyl (C=O) groups is 2. The molecule has 4 heteroatoms. The summed E-state index contributed by atoms with van der Waals surface area (Å²) in [7, 11) is 0. The van der Waals surface area contributed by atoms with Gasteiger partial charge in [0.15, 0.2) is 5.78 Å². The van der Waals surface area contributed by atoms with E-state index in [1.807, 2.05) is 0 Å². The quantitative estimate of drug-likeness (QED) is 0.402. The Morgan fingerprint density at radius 1 is 1.35 bits per heavy atom. The molecule has 0 saturated heterocycles. The van der Waals surface area contributed by atoms with Crippen LogP contribution in [-0.2, 0) is 4.79 Å². The van der Waals surface area contributed by atoms with Crippen molar-refractivity contribution in [2.24, 2.45) is 0 Å². The summed E-state index contributed by atoms with van der Waals surface area (Å²) in [6.07, 6.45) is 5.11. The van der Waals surface area contributed by atoms with Gasteiger partial charge in [0.2, 0.25) is 0 Å². The Hall–Kier alpha value is -1.58. The number of carboxylic acid groups (broad SMARTS) is 1. The average molecular weight is 239 g/mol. The lowest BCUT2D eigenvalue weighted by atomic mass is 10.1. The third kappa shape index (κ3) is 5.33. The lowest BCUT2D eigenvalue weighted by molar-refractivity contribution is -0.117. The molecule has 0 aromatic carbocycles. The Kier molecular flexibility index (Phi) is 7.76. The molecule has 17 heavy (non-hydrogen) atoms. The fourth-order valence-electron chi connectivity index (χ4n) is 1.54. The van der Waals surface area contributed by atoms with Gasteiger partial charge in [-0.05, 0) is 13.3 Å². The van der Waals surface area contributed by atoms with E-state index >= 15 is 0 Å². The van der Waals surface area contributed by atoms with Crippen molar-refractivity contribution in [2.75, 3.05) is 6.54 Å². The van der Waals surface area contributed by atoms with E-state index in [0.717, 1.165) is 24.2 Å². The van der Waals surface area contributed by atoms with Crippen molar-refractivity contribution >= 4 is 11.9 Å². The van der Waals surface area contributed by atoms with Crippen LogP contribution in [-0.4, -0.2) is 28.4 Å². The number of unbranched alkanes of at least 4 members (excludes halogenated alkanes) is 2. The Labute approximate surface area is 103 Å². The summed E-state index contributed by atoms with van der Waals surface area (Å²) < 4.78 is 0. The molecule has 0 aliphatic rings. The summed E-state index contributed by atoms with van der Waals surface area (Å²) in [5, 5.41) is 9.01. The minimum atomic E-state index is -1.12. The highest BCUT2D eigenvalue weighted by atomic mass is 16.4. The molecule has 0 fully saturated rings. The smallest absolute Gasteiger partial charge is 0.412 e. The molecule has 0 unspecified atom stereocenters. The van der Waals surface area contributed by atoms with Crippen molar-refractivity contribution in [3.63, 3.8) is 0 Å². The van der Waals surface area contributed by atoms with E-state index < -0.39 is 6.09 Å². The second-order valence-corrected chi connectivity index (χ2v) is 3.74. The molecule has 0 atom stereocenters. The van der Waals surface area contributed by atoms with Gasteiger partial charge in [0, 0.05) is 13.0 Å². The van der Waals surface area contributed by atoms with Crippen molar-refractivity contribution in [3.05, 3.63) is 24.4 Å². The number of hydrogen-bond acceptors (Lipinski definition) is 2. The first-order valence-electron chi connectivity index (χ1n) is 5.89. The van der Waals surface area contributed by atoms with Crippen molar-refractivity contribution < 1.29 is 14.7 Å². The molecule has 0 aromatic rings. The number of hydrogen-bond donors (Lipinski definition) is 1. The first-order chi connectivity index (χ1) is 8.08. The normalized spacial score (nSPS) is 11.1. The van der Waals surface area contributed by atoms with Gasteiger partial charge in [-0.1, -0.05) is 31.9 Å². The largest absolute Gasteiger partial charge is 0.465 e. The van der Waals surface area contributed by atoms with Crippen LogP contribution in [0.15, 0.2) is 24.4 Å². The lowest BCUT2D eigenvalue weighted by Gasteiger charge is -2.19. The highest BCUT2D eigenvalue weighted by molar-refractivity contribution is 5.97. The van der Waals surface area contributed by atoms with Crippen LogP contribution in [0.5, 0.6) is 0 Å². The summed E-state index contributed by atoms with van der Waals surface area (Å²) in [5.74, 6) is -0.120. The van der Waals surface area contributed by atoms with E-state index in [0.29, 0.717) is 6.42 Å². The van der Waals surface area contributed by atoms with Crippen molar-refractivity contribution in [1.82, 2.24) is 4.90 Å². The molecule has 0 radical (unpaired) electrons. The molecule has 96 valence electrons. The van der Waals surface area contributed by atoms with Crippen LogP contribution in [0.25, 0.3) is 0 Å². The van der Waals surface area contributed by atoms with Gasteiger partial charge in [-0.15, -0.1) is 6.58 Å². The van der Waals surface area contributed by atoms with Crippen LogP contribution in [0.3, 0.4) is 0 Å². The zero-order chi connectivity index (χ0) is 13.3. The molecular weight excluding hydrogens is 218 g/mol. The first kappa shape index (κ1) is 15.4. The molecule has 0 rings (SSSR count). The highest BCUT2D eigenvalue weighted by Gasteiger charge is 2.20. The fourth-order valence-corrected chi connectivity index (χ4v) is 1.54. The lowest BCUT2D eigenvalue weighted by Crippen LogP contribution is -2.32. The zero-order valence-corrected chi connectivity index (χ0v) is 10.6. The molecule has 0 aromatic heterocycles. The van der Waals surface area contributed by atoms with Gasteiger partial charge in [-0.2, -0.15) is 0 Å². The topological polar surface area (TPSA) is 57.6 Å². The molecule has 1 N–H and O–H groups in total. The van der Waals surface area contributed by atoms with Crippen LogP contribution in [0.1, 0.15) is 39.5 Å². The highest BCUT2D eigenvalue weighted by Crippen LogP contribution is 2.11. The van der Waals surface area contributed by atoms with Gasteiger partial charge in [-0.25, -0.2) is 4.79 Å². The summed E-state index contributed by atoms with van der Waals surface area (Å²) in [6.45, 7) is 7.35. The monoisotopic (exact) mass is 239 g/mol. The molecule has 0 saturated carbocycles. The van der Waals surface area contributed by atoms with E-state index in [-0.39, 0.29) is 18.0 Å². The molecule has 0 bridgehead atoms. The molecule has 0 spiro atoms. The number of nitrogens with zero attached hydrogens (tertiary/aromatic N) is 1. The van der Waals surface area contributed by atoms with E-state index in [4.69, 9.17) is 5.11 Å². The molecule has 0 aliphatic heterocycles. The summed E-state index contributed by atoms with van der Waals surface area (Å²) in [4.78, 5) is 23.9. The van der Waals surface area contributed by atoms with Gasteiger partial charge in [0.05, 0.1) is 5.70 Å². The Morgan fingerprint density at radius 2 is 2.00 bits per heavy atom. The number of ketones is 1. The van der Waals surface area contributed by atoms with E-state index in [1.165, 1.54) is 6.08 Å². The van der Waals surface area contributed by atoms with Crippen molar-refractivity contribution in [2.45, 2.75) is 39.5 Å². The third-order valence-corrected chi connectivity index (χ3v) is 2.40. The number of Topliss-reactive ketones (excluding diaryl/α,β-unsaturated/α-hetero) is 1. The Morgan fingerprint density at radius 3 is 2.41 bits per heavy atom. The minimum Gasteiger partial charge on any atom is -0.465 e. The summed E-state index contributed by atoms with van der Waals surface area (Å²) in [5.41, 5.74) is 0.244. The number of rotatable bonds is 8. The first-order valence-corrected chi connectivity index (χ1v) is 5.89. The maximum absolute atomic E-state index is 11.9. The maximum atomic E-state index is 11.9. The zero-order valence-electron chi connectivity index (χ0n) is 10.6. The van der Waals surface area contributed by atoms with Crippen LogP contribution < -0.4 is 0 Å². The minimum absolute atomic E-state index is 0.120. The average Bonchev–Trinajstić information content (AvgIpc) is 2.29. The van der Waals surface area contributed by atoms with Gasteiger partial charge in [-0.3, -0.25) is 9.69 Å². The van der Waals surface area contributed by atoms with Crippen molar-refractivity contribution in [1.29, 1.82) is 0 Å². The van der Waals surface area contributed by atoms with Crippen molar-refractivity contribution in [3.8, 4) is 0 Å². The molecule has 0 heterocycles. The van der Waals surface area contributed by atoms with Crippen LogP contribution >= 0.6 is 0 Å².